The predicted octanol–water partition coefficient (Wildman–Crippen LogP) is 0.494. The lowest BCUT2D eigenvalue weighted by Gasteiger charge is -2.28. The van der Waals surface area contributed by atoms with E-state index in [1.54, 1.807) is 29.2 Å². The Morgan fingerprint density at radius 2 is 1.94 bits per heavy atom. The van der Waals surface area contributed by atoms with Crippen LogP contribution in [0, 0.1) is 0 Å². The number of amides is 1. The number of morpholine rings is 1. The highest BCUT2D eigenvalue weighted by Gasteiger charge is 2.18. The fourth-order valence-corrected chi connectivity index (χ4v) is 1.71. The summed E-state index contributed by atoms with van der Waals surface area (Å²) in [6.45, 7) is 2.30. The van der Waals surface area contributed by atoms with Crippen molar-refractivity contribution in [2.24, 2.45) is 5.16 Å². The van der Waals surface area contributed by atoms with Crippen LogP contribution < -0.4 is 5.32 Å². The van der Waals surface area contributed by atoms with Gasteiger partial charge in [-0.05, 0) is 12.1 Å². The number of oxime groups is 1. The molecule has 0 unspecified atom stereocenters. The molecule has 2 N–H and O–H groups in total. The molecule has 1 aliphatic rings. The van der Waals surface area contributed by atoms with Crippen molar-refractivity contribution in [1.29, 1.82) is 0 Å². The lowest BCUT2D eigenvalue weighted by atomic mass is 10.2. The predicted molar refractivity (Wildman–Crippen MR) is 65.5 cm³/mol. The van der Waals surface area contributed by atoms with Crippen LogP contribution in [0.2, 0.25) is 0 Å². The second-order valence-corrected chi connectivity index (χ2v) is 3.84. The molecule has 2 rings (SSSR count). The molecule has 1 fully saturated rings. The first-order valence-corrected chi connectivity index (χ1v) is 5.72. The van der Waals surface area contributed by atoms with Crippen LogP contribution in [0.1, 0.15) is 10.4 Å². The zero-order chi connectivity index (χ0) is 12.8. The number of hydrogen-bond donors (Lipinski definition) is 2. The van der Waals surface area contributed by atoms with Gasteiger partial charge in [0, 0.05) is 18.7 Å². The molecular weight excluding hydrogens is 234 g/mol. The minimum Gasteiger partial charge on any atom is -0.408 e. The molecule has 1 aliphatic heterocycles. The van der Waals surface area contributed by atoms with Gasteiger partial charge in [-0.15, -0.1) is 0 Å². The van der Waals surface area contributed by atoms with E-state index in [0.717, 1.165) is 0 Å². The largest absolute Gasteiger partial charge is 0.408 e. The molecule has 6 heteroatoms. The molecule has 0 radical (unpaired) electrons. The topological polar surface area (TPSA) is 74.2 Å². The Labute approximate surface area is 105 Å². The van der Waals surface area contributed by atoms with Crippen molar-refractivity contribution < 1.29 is 14.7 Å². The Bertz CT molecular complexity index is 427. The van der Waals surface area contributed by atoms with E-state index in [9.17, 15) is 4.79 Å². The number of hydrogen-bond acceptors (Lipinski definition) is 4. The van der Waals surface area contributed by atoms with Crippen molar-refractivity contribution in [1.82, 2.24) is 10.2 Å². The lowest BCUT2D eigenvalue weighted by Crippen LogP contribution is -2.49. The van der Waals surface area contributed by atoms with Gasteiger partial charge in [-0.3, -0.25) is 10.1 Å². The highest BCUT2D eigenvalue weighted by atomic mass is 16.5. The summed E-state index contributed by atoms with van der Waals surface area (Å²) in [6, 6.07) is 8.78. The molecule has 6 nitrogen and oxygen atoms in total. The maximum Gasteiger partial charge on any atom is 0.258 e. The zero-order valence-corrected chi connectivity index (χ0v) is 9.87. The SMILES string of the molecule is O=C(N/C(=N\O)N1CCOCC1)c1ccccc1. The van der Waals surface area contributed by atoms with Crippen LogP contribution in [-0.4, -0.2) is 48.3 Å². The minimum absolute atomic E-state index is 0.159. The summed E-state index contributed by atoms with van der Waals surface area (Å²) in [5.74, 6) is -0.137. The highest BCUT2D eigenvalue weighted by molar-refractivity contribution is 6.05. The number of carbonyl (C=O) groups is 1. The molecule has 0 saturated carbocycles. The minimum atomic E-state index is -0.296. The maximum atomic E-state index is 11.9. The number of benzene rings is 1. The lowest BCUT2D eigenvalue weighted by molar-refractivity contribution is 0.0640. The third kappa shape index (κ3) is 2.98. The molecule has 1 aromatic rings. The molecular formula is C12H15N3O3. The second-order valence-electron chi connectivity index (χ2n) is 3.84. The summed E-state index contributed by atoms with van der Waals surface area (Å²) in [5.41, 5.74) is 0.520. The molecule has 1 aromatic carbocycles. The number of ether oxygens (including phenoxy) is 1. The molecule has 96 valence electrons. The average Bonchev–Trinajstić information content (AvgIpc) is 2.46. The summed E-state index contributed by atoms with van der Waals surface area (Å²) in [6.07, 6.45) is 0. The number of nitrogens with one attached hydrogen (secondary N) is 1. The molecule has 1 amide bonds. The van der Waals surface area contributed by atoms with Gasteiger partial charge in [0.25, 0.3) is 5.91 Å². The summed E-state index contributed by atoms with van der Waals surface area (Å²) in [5, 5.41) is 14.7. The molecule has 1 heterocycles. The number of guanidine groups is 1. The van der Waals surface area contributed by atoms with Gasteiger partial charge in [0.15, 0.2) is 0 Å². The van der Waals surface area contributed by atoms with Crippen molar-refractivity contribution in [2.45, 2.75) is 0 Å². The van der Waals surface area contributed by atoms with Crippen LogP contribution >= 0.6 is 0 Å². The van der Waals surface area contributed by atoms with Gasteiger partial charge < -0.3 is 14.8 Å². The van der Waals surface area contributed by atoms with Gasteiger partial charge in [0.1, 0.15) is 0 Å². The Hall–Kier alpha value is -2.08. The van der Waals surface area contributed by atoms with Crippen molar-refractivity contribution in [3.8, 4) is 0 Å². The first-order chi connectivity index (χ1) is 8.81. The number of carbonyl (C=O) groups excluding carboxylic acids is 1. The van der Waals surface area contributed by atoms with Crippen LogP contribution in [0.3, 0.4) is 0 Å². The van der Waals surface area contributed by atoms with Gasteiger partial charge in [-0.1, -0.05) is 23.4 Å². The van der Waals surface area contributed by atoms with E-state index in [-0.39, 0.29) is 11.9 Å². The average molecular weight is 249 g/mol. The fraction of sp³-hybridized carbons (Fsp3) is 0.333. The van der Waals surface area contributed by atoms with E-state index in [2.05, 4.69) is 10.5 Å². The number of nitrogens with zero attached hydrogens (tertiary/aromatic N) is 2. The van der Waals surface area contributed by atoms with E-state index in [1.807, 2.05) is 6.07 Å². The maximum absolute atomic E-state index is 11.9. The summed E-state index contributed by atoms with van der Waals surface area (Å²) < 4.78 is 5.19. The van der Waals surface area contributed by atoms with Crippen molar-refractivity contribution >= 4 is 11.9 Å². The van der Waals surface area contributed by atoms with Crippen LogP contribution in [0.5, 0.6) is 0 Å². The van der Waals surface area contributed by atoms with E-state index in [0.29, 0.717) is 31.9 Å². The monoisotopic (exact) mass is 249 g/mol. The van der Waals surface area contributed by atoms with Crippen molar-refractivity contribution in [3.05, 3.63) is 35.9 Å². The van der Waals surface area contributed by atoms with Crippen LogP contribution in [0.15, 0.2) is 35.5 Å². The second kappa shape index (κ2) is 6.02. The molecule has 0 atom stereocenters. The van der Waals surface area contributed by atoms with Gasteiger partial charge in [-0.2, -0.15) is 0 Å². The molecule has 0 bridgehead atoms. The summed E-state index contributed by atoms with van der Waals surface area (Å²) in [4.78, 5) is 13.7. The van der Waals surface area contributed by atoms with E-state index in [1.165, 1.54) is 0 Å². The molecule has 0 aliphatic carbocycles. The van der Waals surface area contributed by atoms with E-state index in [4.69, 9.17) is 9.94 Å². The third-order valence-electron chi connectivity index (χ3n) is 2.67. The van der Waals surface area contributed by atoms with Gasteiger partial charge in [0.05, 0.1) is 13.2 Å². The van der Waals surface area contributed by atoms with Crippen molar-refractivity contribution in [2.75, 3.05) is 26.3 Å². The summed E-state index contributed by atoms with van der Waals surface area (Å²) >= 11 is 0. The zero-order valence-electron chi connectivity index (χ0n) is 9.87. The molecule has 1 saturated heterocycles. The summed E-state index contributed by atoms with van der Waals surface area (Å²) in [7, 11) is 0. The molecule has 18 heavy (non-hydrogen) atoms. The van der Waals surface area contributed by atoms with Gasteiger partial charge in [0.2, 0.25) is 5.96 Å². The van der Waals surface area contributed by atoms with Crippen LogP contribution in [0.4, 0.5) is 0 Å². The van der Waals surface area contributed by atoms with E-state index >= 15 is 0 Å². The van der Waals surface area contributed by atoms with Gasteiger partial charge in [-0.25, -0.2) is 0 Å². The molecule has 0 aromatic heterocycles. The first kappa shape index (κ1) is 12.4. The Kier molecular flexibility index (Phi) is 4.14. The van der Waals surface area contributed by atoms with Gasteiger partial charge >= 0.3 is 0 Å². The third-order valence-corrected chi connectivity index (χ3v) is 2.67. The smallest absolute Gasteiger partial charge is 0.258 e. The number of rotatable bonds is 1. The van der Waals surface area contributed by atoms with E-state index < -0.39 is 0 Å². The highest BCUT2D eigenvalue weighted by Crippen LogP contribution is 2.01. The van der Waals surface area contributed by atoms with Crippen molar-refractivity contribution in [3.63, 3.8) is 0 Å². The van der Waals surface area contributed by atoms with Crippen LogP contribution in [-0.2, 0) is 4.74 Å². The Balaban J connectivity index is 2.00. The molecule has 0 spiro atoms. The Morgan fingerprint density at radius 3 is 2.56 bits per heavy atom. The first-order valence-electron chi connectivity index (χ1n) is 5.72. The quantitative estimate of drug-likeness (QED) is 0.329. The van der Waals surface area contributed by atoms with Crippen LogP contribution in [0.25, 0.3) is 0 Å². The normalized spacial score (nSPS) is 16.4. The Morgan fingerprint density at radius 1 is 1.28 bits per heavy atom. The fourth-order valence-electron chi connectivity index (χ4n) is 1.71. The standard InChI is InChI=1S/C12H15N3O3/c16-11(10-4-2-1-3-5-10)13-12(14-17)15-6-8-18-9-7-15/h1-5,17H,6-9H2,(H,13,14,16).